The second-order valence-electron chi connectivity index (χ2n) is 4.73. The van der Waals surface area contributed by atoms with Gasteiger partial charge >= 0.3 is 0 Å². The summed E-state index contributed by atoms with van der Waals surface area (Å²) in [6.07, 6.45) is 0.186. The highest BCUT2D eigenvalue weighted by molar-refractivity contribution is 5.35. The molecule has 1 N–H and O–H groups in total. The zero-order valence-corrected chi connectivity index (χ0v) is 10.6. The van der Waals surface area contributed by atoms with Gasteiger partial charge in [0.1, 0.15) is 5.82 Å². The summed E-state index contributed by atoms with van der Waals surface area (Å²) in [5.41, 5.74) is 0.493. The standard InChI is InChI=1S/C16H14FNO/c1-16(19,10-13-4-2-3-5-15(13)17)14-8-6-12(11-18)7-9-14/h2-9,19H,10H2,1H3. The molecule has 2 aromatic carbocycles. The zero-order chi connectivity index (χ0) is 13.9. The summed E-state index contributed by atoms with van der Waals surface area (Å²) in [5, 5.41) is 19.2. The van der Waals surface area contributed by atoms with Crippen molar-refractivity contribution in [2.45, 2.75) is 18.9 Å². The Balaban J connectivity index is 2.27. The van der Waals surface area contributed by atoms with Crippen molar-refractivity contribution in [2.75, 3.05) is 0 Å². The van der Waals surface area contributed by atoms with E-state index in [1.54, 1.807) is 49.4 Å². The lowest BCUT2D eigenvalue weighted by atomic mass is 9.88. The third-order valence-corrected chi connectivity index (χ3v) is 3.13. The SMILES string of the molecule is CC(O)(Cc1ccccc1F)c1ccc(C#N)cc1. The molecular weight excluding hydrogens is 241 g/mol. The molecule has 0 aromatic heterocycles. The van der Waals surface area contributed by atoms with Gasteiger partial charge in [-0.1, -0.05) is 30.3 Å². The number of benzene rings is 2. The van der Waals surface area contributed by atoms with Gasteiger partial charge < -0.3 is 5.11 Å². The lowest BCUT2D eigenvalue weighted by Crippen LogP contribution is -2.24. The summed E-state index contributed by atoms with van der Waals surface area (Å²) >= 11 is 0. The molecule has 0 aliphatic carbocycles. The summed E-state index contributed by atoms with van der Waals surface area (Å²) in [4.78, 5) is 0. The first-order chi connectivity index (χ1) is 9.03. The second kappa shape index (κ2) is 5.21. The van der Waals surface area contributed by atoms with Crippen molar-refractivity contribution in [2.24, 2.45) is 0 Å². The Morgan fingerprint density at radius 2 is 1.79 bits per heavy atom. The topological polar surface area (TPSA) is 44.0 Å². The highest BCUT2D eigenvalue weighted by atomic mass is 19.1. The van der Waals surface area contributed by atoms with E-state index in [1.807, 2.05) is 6.07 Å². The van der Waals surface area contributed by atoms with Crippen LogP contribution in [0, 0.1) is 17.1 Å². The lowest BCUT2D eigenvalue weighted by Gasteiger charge is -2.24. The molecule has 2 rings (SSSR count). The fraction of sp³-hybridized carbons (Fsp3) is 0.188. The molecule has 3 heteroatoms. The molecule has 0 aliphatic rings. The van der Waals surface area contributed by atoms with Gasteiger partial charge in [-0.3, -0.25) is 0 Å². The molecule has 0 saturated carbocycles. The van der Waals surface area contributed by atoms with E-state index < -0.39 is 5.60 Å². The van der Waals surface area contributed by atoms with Crippen LogP contribution in [0.25, 0.3) is 0 Å². The number of aliphatic hydroxyl groups is 1. The minimum absolute atomic E-state index is 0.186. The molecular formula is C16H14FNO. The fourth-order valence-electron chi connectivity index (χ4n) is 2.02. The Morgan fingerprint density at radius 1 is 1.16 bits per heavy atom. The number of rotatable bonds is 3. The number of nitrogens with zero attached hydrogens (tertiary/aromatic N) is 1. The Morgan fingerprint density at radius 3 is 2.37 bits per heavy atom. The summed E-state index contributed by atoms with van der Waals surface area (Å²) in [7, 11) is 0. The average Bonchev–Trinajstić information content (AvgIpc) is 2.41. The number of nitriles is 1. The van der Waals surface area contributed by atoms with Crippen molar-refractivity contribution in [3.8, 4) is 6.07 Å². The van der Waals surface area contributed by atoms with Gasteiger partial charge in [0, 0.05) is 6.42 Å². The van der Waals surface area contributed by atoms with Gasteiger partial charge in [0.05, 0.1) is 17.2 Å². The van der Waals surface area contributed by atoms with Gasteiger partial charge in [-0.25, -0.2) is 4.39 Å². The average molecular weight is 255 g/mol. The van der Waals surface area contributed by atoms with Crippen LogP contribution in [-0.4, -0.2) is 5.11 Å². The van der Waals surface area contributed by atoms with E-state index in [4.69, 9.17) is 5.26 Å². The van der Waals surface area contributed by atoms with Crippen molar-refractivity contribution in [3.63, 3.8) is 0 Å². The molecule has 2 aromatic rings. The van der Waals surface area contributed by atoms with Gasteiger partial charge in [0.15, 0.2) is 0 Å². The maximum absolute atomic E-state index is 13.6. The summed E-state index contributed by atoms with van der Waals surface area (Å²) in [6.45, 7) is 1.64. The predicted octanol–water partition coefficient (Wildman–Crippen LogP) is 3.15. The van der Waals surface area contributed by atoms with Crippen molar-refractivity contribution in [1.29, 1.82) is 5.26 Å². The second-order valence-corrected chi connectivity index (χ2v) is 4.73. The maximum Gasteiger partial charge on any atom is 0.126 e. The minimum Gasteiger partial charge on any atom is -0.385 e. The molecule has 0 fully saturated rings. The first kappa shape index (κ1) is 13.3. The first-order valence-corrected chi connectivity index (χ1v) is 5.99. The van der Waals surface area contributed by atoms with Gasteiger partial charge in [0.25, 0.3) is 0 Å². The van der Waals surface area contributed by atoms with E-state index in [1.165, 1.54) is 6.07 Å². The fourth-order valence-corrected chi connectivity index (χ4v) is 2.02. The number of hydrogen-bond acceptors (Lipinski definition) is 2. The molecule has 0 radical (unpaired) electrons. The van der Waals surface area contributed by atoms with E-state index in [0.717, 1.165) is 0 Å². The van der Waals surface area contributed by atoms with Crippen molar-refractivity contribution >= 4 is 0 Å². The largest absolute Gasteiger partial charge is 0.385 e. The van der Waals surface area contributed by atoms with E-state index in [-0.39, 0.29) is 12.2 Å². The van der Waals surface area contributed by atoms with Crippen molar-refractivity contribution in [3.05, 3.63) is 71.0 Å². The Kier molecular flexibility index (Phi) is 3.64. The summed E-state index contributed by atoms with van der Waals surface area (Å²) in [5.74, 6) is -0.323. The molecule has 2 nitrogen and oxygen atoms in total. The molecule has 19 heavy (non-hydrogen) atoms. The molecule has 0 amide bonds. The predicted molar refractivity (Wildman–Crippen MR) is 70.8 cm³/mol. The Bertz CT molecular complexity index is 611. The zero-order valence-electron chi connectivity index (χ0n) is 10.6. The van der Waals surface area contributed by atoms with E-state index in [9.17, 15) is 9.50 Å². The Hall–Kier alpha value is -2.18. The summed E-state index contributed by atoms with van der Waals surface area (Å²) < 4.78 is 13.6. The quantitative estimate of drug-likeness (QED) is 0.915. The van der Waals surface area contributed by atoms with Crippen LogP contribution < -0.4 is 0 Å². The van der Waals surface area contributed by atoms with Crippen LogP contribution in [0.5, 0.6) is 0 Å². The molecule has 0 heterocycles. The van der Waals surface area contributed by atoms with Crippen LogP contribution >= 0.6 is 0 Å². The van der Waals surface area contributed by atoms with Gasteiger partial charge in [-0.2, -0.15) is 5.26 Å². The monoisotopic (exact) mass is 255 g/mol. The summed E-state index contributed by atoms with van der Waals surface area (Å²) in [6, 6.07) is 15.1. The van der Waals surface area contributed by atoms with Crippen LogP contribution in [0.1, 0.15) is 23.6 Å². The maximum atomic E-state index is 13.6. The van der Waals surface area contributed by atoms with E-state index >= 15 is 0 Å². The van der Waals surface area contributed by atoms with Crippen LogP contribution in [-0.2, 0) is 12.0 Å². The molecule has 96 valence electrons. The molecule has 0 saturated heterocycles. The number of hydrogen-bond donors (Lipinski definition) is 1. The van der Waals surface area contributed by atoms with Crippen molar-refractivity contribution < 1.29 is 9.50 Å². The van der Waals surface area contributed by atoms with Gasteiger partial charge in [-0.05, 0) is 36.2 Å². The third kappa shape index (κ3) is 2.98. The first-order valence-electron chi connectivity index (χ1n) is 5.99. The highest BCUT2D eigenvalue weighted by Gasteiger charge is 2.24. The molecule has 0 bridgehead atoms. The lowest BCUT2D eigenvalue weighted by molar-refractivity contribution is 0.0567. The molecule has 0 spiro atoms. The van der Waals surface area contributed by atoms with Crippen LogP contribution in [0.3, 0.4) is 0 Å². The van der Waals surface area contributed by atoms with Crippen LogP contribution in [0.15, 0.2) is 48.5 Å². The Labute approximate surface area is 111 Å². The van der Waals surface area contributed by atoms with Gasteiger partial charge in [-0.15, -0.1) is 0 Å². The van der Waals surface area contributed by atoms with Crippen LogP contribution in [0.4, 0.5) is 4.39 Å². The van der Waals surface area contributed by atoms with Crippen molar-refractivity contribution in [1.82, 2.24) is 0 Å². The van der Waals surface area contributed by atoms with Crippen LogP contribution in [0.2, 0.25) is 0 Å². The highest BCUT2D eigenvalue weighted by Crippen LogP contribution is 2.26. The van der Waals surface area contributed by atoms with E-state index in [2.05, 4.69) is 0 Å². The molecule has 1 atom stereocenters. The van der Waals surface area contributed by atoms with E-state index in [0.29, 0.717) is 16.7 Å². The third-order valence-electron chi connectivity index (χ3n) is 3.13. The number of halogens is 1. The molecule has 1 unspecified atom stereocenters. The minimum atomic E-state index is -1.17. The molecule has 0 aliphatic heterocycles. The normalized spacial score (nSPS) is 13.6. The van der Waals surface area contributed by atoms with Gasteiger partial charge in [0.2, 0.25) is 0 Å². The smallest absolute Gasteiger partial charge is 0.126 e.